The van der Waals surface area contributed by atoms with Crippen LogP contribution < -0.4 is 15.8 Å². The number of ether oxygens (including phenoxy) is 1. The highest BCUT2D eigenvalue weighted by molar-refractivity contribution is 5.92. The molecule has 0 bridgehead atoms. The Balaban J connectivity index is 1.62. The van der Waals surface area contributed by atoms with Gasteiger partial charge in [-0.2, -0.15) is 0 Å². The van der Waals surface area contributed by atoms with Gasteiger partial charge in [0.25, 0.3) is 5.91 Å². The summed E-state index contributed by atoms with van der Waals surface area (Å²) in [6.45, 7) is 6.82. The van der Waals surface area contributed by atoms with Crippen molar-refractivity contribution in [2.24, 2.45) is 0 Å². The van der Waals surface area contributed by atoms with E-state index in [-0.39, 0.29) is 12.5 Å². The van der Waals surface area contributed by atoms with E-state index < -0.39 is 0 Å². The molecule has 0 saturated carbocycles. The molecule has 2 aromatic carbocycles. The number of amides is 1. The first-order valence-corrected chi connectivity index (χ1v) is 10.1. The third-order valence-electron chi connectivity index (χ3n) is 5.07. The predicted octanol–water partition coefficient (Wildman–Crippen LogP) is 3.45. The SMILES string of the molecule is CCNC(=O)COc1cccc(Cn2cnc3c(N)cc(-c4c(C)noc4C)cc32)c1. The van der Waals surface area contributed by atoms with Gasteiger partial charge in [0, 0.05) is 18.7 Å². The van der Waals surface area contributed by atoms with Crippen LogP contribution in [0.25, 0.3) is 22.2 Å². The van der Waals surface area contributed by atoms with E-state index in [1.807, 2.05) is 55.7 Å². The Bertz CT molecular complexity index is 1220. The van der Waals surface area contributed by atoms with Crippen LogP contribution >= 0.6 is 0 Å². The number of benzene rings is 2. The summed E-state index contributed by atoms with van der Waals surface area (Å²) in [6.07, 6.45) is 1.78. The topological polar surface area (TPSA) is 108 Å². The molecule has 0 atom stereocenters. The normalized spacial score (nSPS) is 11.1. The molecule has 3 N–H and O–H groups in total. The number of hydrogen-bond donors (Lipinski definition) is 2. The zero-order valence-electron chi connectivity index (χ0n) is 17.8. The summed E-state index contributed by atoms with van der Waals surface area (Å²) in [5.74, 6) is 1.25. The number of likely N-dealkylation sites (N-methyl/N-ethyl adjacent to an activating group) is 1. The molecule has 2 heterocycles. The number of fused-ring (bicyclic) bond motifs is 1. The minimum atomic E-state index is -0.143. The van der Waals surface area contributed by atoms with Crippen LogP contribution in [-0.2, 0) is 11.3 Å². The molecule has 8 heteroatoms. The van der Waals surface area contributed by atoms with Crippen molar-refractivity contribution in [3.05, 3.63) is 59.7 Å². The van der Waals surface area contributed by atoms with Crippen molar-refractivity contribution in [2.45, 2.75) is 27.3 Å². The van der Waals surface area contributed by atoms with E-state index in [9.17, 15) is 4.79 Å². The Labute approximate surface area is 180 Å². The Hall–Kier alpha value is -3.81. The van der Waals surface area contributed by atoms with Crippen LogP contribution in [0, 0.1) is 13.8 Å². The van der Waals surface area contributed by atoms with Crippen LogP contribution in [0.4, 0.5) is 5.69 Å². The lowest BCUT2D eigenvalue weighted by Gasteiger charge is -2.10. The molecule has 0 radical (unpaired) electrons. The fourth-order valence-corrected chi connectivity index (χ4v) is 3.68. The van der Waals surface area contributed by atoms with Gasteiger partial charge in [0.05, 0.1) is 23.2 Å². The first kappa shape index (κ1) is 20.5. The Kier molecular flexibility index (Phi) is 5.62. The van der Waals surface area contributed by atoms with Gasteiger partial charge in [-0.1, -0.05) is 17.3 Å². The number of nitrogens with two attached hydrogens (primary N) is 1. The Morgan fingerprint density at radius 2 is 2.10 bits per heavy atom. The summed E-state index contributed by atoms with van der Waals surface area (Å²) < 4.78 is 13.0. The number of imidazole rings is 1. The molecular formula is C23H25N5O3. The van der Waals surface area contributed by atoms with Gasteiger partial charge >= 0.3 is 0 Å². The van der Waals surface area contributed by atoms with Gasteiger partial charge in [0.15, 0.2) is 6.61 Å². The van der Waals surface area contributed by atoms with E-state index in [2.05, 4.69) is 21.5 Å². The monoisotopic (exact) mass is 419 g/mol. The minimum absolute atomic E-state index is 0.0113. The fraction of sp³-hybridized carbons (Fsp3) is 0.261. The molecule has 0 aliphatic heterocycles. The van der Waals surface area contributed by atoms with Crippen LogP contribution in [0.15, 0.2) is 47.2 Å². The van der Waals surface area contributed by atoms with Crippen molar-refractivity contribution >= 4 is 22.6 Å². The lowest BCUT2D eigenvalue weighted by Crippen LogP contribution is -2.28. The van der Waals surface area contributed by atoms with Gasteiger partial charge in [-0.15, -0.1) is 0 Å². The average molecular weight is 419 g/mol. The molecule has 0 saturated heterocycles. The largest absolute Gasteiger partial charge is 0.484 e. The highest BCUT2D eigenvalue weighted by atomic mass is 16.5. The molecule has 31 heavy (non-hydrogen) atoms. The summed E-state index contributed by atoms with van der Waals surface area (Å²) in [4.78, 5) is 16.1. The van der Waals surface area contributed by atoms with Gasteiger partial charge in [0.1, 0.15) is 17.0 Å². The smallest absolute Gasteiger partial charge is 0.257 e. The van der Waals surface area contributed by atoms with Gasteiger partial charge in [-0.05, 0) is 56.2 Å². The predicted molar refractivity (Wildman–Crippen MR) is 119 cm³/mol. The van der Waals surface area contributed by atoms with Crippen molar-refractivity contribution in [1.82, 2.24) is 20.0 Å². The third-order valence-corrected chi connectivity index (χ3v) is 5.07. The number of nitrogens with zero attached hydrogens (tertiary/aromatic N) is 3. The second kappa shape index (κ2) is 8.51. The second-order valence-electron chi connectivity index (χ2n) is 7.39. The maximum Gasteiger partial charge on any atom is 0.257 e. The van der Waals surface area contributed by atoms with E-state index in [1.165, 1.54) is 0 Å². The molecule has 0 unspecified atom stereocenters. The van der Waals surface area contributed by atoms with Crippen LogP contribution in [-0.4, -0.2) is 33.8 Å². The second-order valence-corrected chi connectivity index (χ2v) is 7.39. The van der Waals surface area contributed by atoms with Crippen molar-refractivity contribution in [3.63, 3.8) is 0 Å². The van der Waals surface area contributed by atoms with Crippen molar-refractivity contribution in [2.75, 3.05) is 18.9 Å². The summed E-state index contributed by atoms with van der Waals surface area (Å²) in [5.41, 5.74) is 12.3. The number of nitrogen functional groups attached to an aromatic ring is 1. The van der Waals surface area contributed by atoms with Gasteiger partial charge < -0.3 is 24.9 Å². The molecule has 0 spiro atoms. The standard InChI is InChI=1S/C23H25N5O3/c1-4-25-21(29)12-30-18-7-5-6-16(8-18)11-28-13-26-23-19(24)9-17(10-20(23)28)22-14(2)27-31-15(22)3/h5-10,13H,4,11-12,24H2,1-3H3,(H,25,29). The van der Waals surface area contributed by atoms with Crippen molar-refractivity contribution in [1.29, 1.82) is 0 Å². The number of hydrogen-bond acceptors (Lipinski definition) is 6. The Morgan fingerprint density at radius 1 is 1.26 bits per heavy atom. The molecule has 0 fully saturated rings. The number of anilines is 1. The lowest BCUT2D eigenvalue weighted by molar-refractivity contribution is -0.122. The van der Waals surface area contributed by atoms with Crippen molar-refractivity contribution < 1.29 is 14.1 Å². The highest BCUT2D eigenvalue weighted by Gasteiger charge is 2.16. The average Bonchev–Trinajstić information content (AvgIpc) is 3.30. The van der Waals surface area contributed by atoms with Gasteiger partial charge in [0.2, 0.25) is 0 Å². The third kappa shape index (κ3) is 4.23. The van der Waals surface area contributed by atoms with Gasteiger partial charge in [-0.3, -0.25) is 4.79 Å². The number of carbonyl (C=O) groups is 1. The molecule has 4 rings (SSSR count). The van der Waals surface area contributed by atoms with Crippen molar-refractivity contribution in [3.8, 4) is 16.9 Å². The Morgan fingerprint density at radius 3 is 2.84 bits per heavy atom. The zero-order valence-corrected chi connectivity index (χ0v) is 17.8. The molecule has 0 aliphatic rings. The number of rotatable bonds is 7. The first-order valence-electron chi connectivity index (χ1n) is 10.1. The molecular weight excluding hydrogens is 394 g/mol. The van der Waals surface area contributed by atoms with Crippen LogP contribution in [0.1, 0.15) is 23.9 Å². The van der Waals surface area contributed by atoms with Crippen LogP contribution in [0.5, 0.6) is 5.75 Å². The minimum Gasteiger partial charge on any atom is -0.484 e. The van der Waals surface area contributed by atoms with E-state index in [4.69, 9.17) is 15.0 Å². The number of aromatic nitrogens is 3. The first-order chi connectivity index (χ1) is 15.0. The quantitative estimate of drug-likeness (QED) is 0.444. The lowest BCUT2D eigenvalue weighted by atomic mass is 10.0. The highest BCUT2D eigenvalue weighted by Crippen LogP contribution is 2.32. The van der Waals surface area contributed by atoms with E-state index in [0.717, 1.165) is 39.2 Å². The maximum absolute atomic E-state index is 11.6. The van der Waals surface area contributed by atoms with Crippen LogP contribution in [0.3, 0.4) is 0 Å². The summed E-state index contributed by atoms with van der Waals surface area (Å²) in [6, 6.07) is 11.6. The zero-order chi connectivity index (χ0) is 22.0. The molecule has 1 amide bonds. The molecule has 0 aliphatic carbocycles. The van der Waals surface area contributed by atoms with Gasteiger partial charge in [-0.25, -0.2) is 4.98 Å². The molecule has 2 aromatic heterocycles. The number of nitrogens with one attached hydrogen (secondary N) is 1. The fourth-order valence-electron chi connectivity index (χ4n) is 3.68. The van der Waals surface area contributed by atoms with E-state index >= 15 is 0 Å². The molecule has 160 valence electrons. The number of aryl methyl sites for hydroxylation is 2. The number of carbonyl (C=O) groups excluding carboxylic acids is 1. The maximum atomic E-state index is 11.6. The molecule has 8 nitrogen and oxygen atoms in total. The van der Waals surface area contributed by atoms with E-state index in [0.29, 0.717) is 24.5 Å². The summed E-state index contributed by atoms with van der Waals surface area (Å²) in [7, 11) is 0. The van der Waals surface area contributed by atoms with Crippen LogP contribution in [0.2, 0.25) is 0 Å². The summed E-state index contributed by atoms with van der Waals surface area (Å²) in [5, 5.41) is 6.77. The molecule has 4 aromatic rings. The van der Waals surface area contributed by atoms with E-state index in [1.54, 1.807) is 6.33 Å². The summed E-state index contributed by atoms with van der Waals surface area (Å²) >= 11 is 0.